The van der Waals surface area contributed by atoms with Gasteiger partial charge < -0.3 is 14.4 Å². The molecule has 1 amide bonds. The Kier molecular flexibility index (Phi) is 12.7. The summed E-state index contributed by atoms with van der Waals surface area (Å²) in [6, 6.07) is 8.43. The van der Waals surface area contributed by atoms with Crippen LogP contribution in [0, 0.1) is 17.8 Å². The molecule has 1 rings (SSSR count). The van der Waals surface area contributed by atoms with Gasteiger partial charge in [-0.25, -0.2) is 4.79 Å². The molecule has 7 heteroatoms. The van der Waals surface area contributed by atoms with Gasteiger partial charge in [-0.15, -0.1) is 0 Å². The molecule has 0 aromatic heterocycles. The number of carbonyl (C=O) groups is 4. The standard InChI is InChI=1S/C28H43NO6/c1-9-23(15-18(2)3)27(32)35-25(17-22-13-11-10-12-14-22)26(31)29(8)24(16-19(4)5)28(33)34-21(7)20(6)30/h10-14,18-19,21,23-25H,9,15-17H2,1-8H3/t21-,23+,24+,25-/m1/s1. The number of benzene rings is 1. The van der Waals surface area contributed by atoms with Gasteiger partial charge in [0.25, 0.3) is 5.91 Å². The first-order valence-corrected chi connectivity index (χ1v) is 12.6. The molecule has 0 N–H and O–H groups in total. The van der Waals surface area contributed by atoms with Gasteiger partial charge in [0.15, 0.2) is 18.0 Å². The first-order valence-electron chi connectivity index (χ1n) is 12.6. The van der Waals surface area contributed by atoms with E-state index in [0.717, 1.165) is 5.56 Å². The summed E-state index contributed by atoms with van der Waals surface area (Å²) in [6.45, 7) is 12.7. The SMILES string of the molecule is CC[C@@H](CC(C)C)C(=O)O[C@H](Cc1ccccc1)C(=O)N(C)[C@@H](CC(C)C)C(=O)O[C@H](C)C(C)=O. The molecule has 0 saturated heterocycles. The van der Waals surface area contributed by atoms with Crippen molar-refractivity contribution in [3.63, 3.8) is 0 Å². The molecule has 0 fully saturated rings. The quantitative estimate of drug-likeness (QED) is 0.355. The number of rotatable bonds is 14. The Balaban J connectivity index is 3.22. The fourth-order valence-corrected chi connectivity index (χ4v) is 3.82. The molecule has 0 spiro atoms. The third kappa shape index (κ3) is 10.2. The number of hydrogen-bond acceptors (Lipinski definition) is 6. The molecule has 35 heavy (non-hydrogen) atoms. The molecule has 0 radical (unpaired) electrons. The average Bonchev–Trinajstić information content (AvgIpc) is 2.79. The molecule has 0 saturated carbocycles. The predicted molar refractivity (Wildman–Crippen MR) is 136 cm³/mol. The minimum Gasteiger partial charge on any atom is -0.453 e. The Morgan fingerprint density at radius 3 is 1.91 bits per heavy atom. The van der Waals surface area contributed by atoms with Crippen LogP contribution in [0.25, 0.3) is 0 Å². The number of hydrogen-bond donors (Lipinski definition) is 0. The molecule has 0 aliphatic carbocycles. The van der Waals surface area contributed by atoms with Crippen LogP contribution >= 0.6 is 0 Å². The summed E-state index contributed by atoms with van der Waals surface area (Å²) in [5, 5.41) is 0. The Morgan fingerprint density at radius 2 is 1.43 bits per heavy atom. The lowest BCUT2D eigenvalue weighted by Gasteiger charge is -2.32. The topological polar surface area (TPSA) is 90.0 Å². The maximum atomic E-state index is 13.6. The number of ether oxygens (including phenoxy) is 2. The van der Waals surface area contributed by atoms with Gasteiger partial charge in [0.2, 0.25) is 0 Å². The maximum Gasteiger partial charge on any atom is 0.329 e. The van der Waals surface area contributed by atoms with Gasteiger partial charge in [-0.05, 0) is 50.5 Å². The number of ketones is 1. The Morgan fingerprint density at radius 1 is 0.857 bits per heavy atom. The highest BCUT2D eigenvalue weighted by Crippen LogP contribution is 2.21. The van der Waals surface area contributed by atoms with Gasteiger partial charge in [0.1, 0.15) is 6.04 Å². The lowest BCUT2D eigenvalue weighted by molar-refractivity contribution is -0.169. The van der Waals surface area contributed by atoms with Crippen molar-refractivity contribution >= 4 is 23.6 Å². The minimum atomic E-state index is -1.08. The Labute approximate surface area is 210 Å². The molecule has 0 unspecified atom stereocenters. The van der Waals surface area contributed by atoms with Gasteiger partial charge in [-0.3, -0.25) is 14.4 Å². The van der Waals surface area contributed by atoms with Crippen molar-refractivity contribution in [2.75, 3.05) is 7.05 Å². The van der Waals surface area contributed by atoms with Crippen LogP contribution in [0.15, 0.2) is 30.3 Å². The maximum absolute atomic E-state index is 13.6. The summed E-state index contributed by atoms with van der Waals surface area (Å²) in [6.07, 6.45) is -0.152. The van der Waals surface area contributed by atoms with Crippen molar-refractivity contribution in [3.8, 4) is 0 Å². The van der Waals surface area contributed by atoms with Crippen molar-refractivity contribution in [1.29, 1.82) is 0 Å². The number of esters is 2. The molecule has 0 bridgehead atoms. The van der Waals surface area contributed by atoms with E-state index < -0.39 is 36.1 Å². The van der Waals surface area contributed by atoms with E-state index in [1.807, 2.05) is 65.0 Å². The monoisotopic (exact) mass is 489 g/mol. The lowest BCUT2D eigenvalue weighted by atomic mass is 9.95. The zero-order valence-corrected chi connectivity index (χ0v) is 22.6. The van der Waals surface area contributed by atoms with Gasteiger partial charge in [0.05, 0.1) is 5.92 Å². The summed E-state index contributed by atoms with van der Waals surface area (Å²) in [4.78, 5) is 52.5. The molecular weight excluding hydrogens is 446 g/mol. The highest BCUT2D eigenvalue weighted by Gasteiger charge is 2.36. The summed E-state index contributed by atoms with van der Waals surface area (Å²) in [5.41, 5.74) is 0.845. The molecule has 0 heterocycles. The highest BCUT2D eigenvalue weighted by molar-refractivity contribution is 5.90. The normalized spacial score (nSPS) is 14.7. The van der Waals surface area contributed by atoms with Gasteiger partial charge in [0, 0.05) is 13.5 Å². The molecule has 0 aliphatic rings. The number of amides is 1. The first-order chi connectivity index (χ1) is 16.4. The minimum absolute atomic E-state index is 0.0843. The second-order valence-corrected chi connectivity index (χ2v) is 10.1. The lowest BCUT2D eigenvalue weighted by Crippen LogP contribution is -2.50. The van der Waals surface area contributed by atoms with E-state index in [1.54, 1.807) is 0 Å². The molecule has 0 aliphatic heterocycles. The van der Waals surface area contributed by atoms with Crippen LogP contribution < -0.4 is 0 Å². The van der Waals surface area contributed by atoms with Gasteiger partial charge in [-0.1, -0.05) is 65.0 Å². The van der Waals surface area contributed by atoms with Crippen LogP contribution in [0.1, 0.15) is 73.3 Å². The number of likely N-dealkylation sites (N-methyl/N-ethyl adjacent to an activating group) is 1. The zero-order valence-electron chi connectivity index (χ0n) is 22.6. The molecular formula is C28H43NO6. The Bertz CT molecular complexity index is 835. The van der Waals surface area contributed by atoms with E-state index in [4.69, 9.17) is 9.47 Å². The molecule has 4 atom stereocenters. The van der Waals surface area contributed by atoms with Crippen LogP contribution in [0.3, 0.4) is 0 Å². The first kappa shape index (κ1) is 30.3. The van der Waals surface area contributed by atoms with Crippen LogP contribution in [-0.2, 0) is 35.1 Å². The number of Topliss-reactive ketones (excluding diaryl/α,β-unsaturated/α-hetero) is 1. The third-order valence-corrected chi connectivity index (χ3v) is 6.03. The van der Waals surface area contributed by atoms with E-state index >= 15 is 0 Å². The van der Waals surface area contributed by atoms with E-state index in [9.17, 15) is 19.2 Å². The van der Waals surface area contributed by atoms with Crippen LogP contribution in [0.2, 0.25) is 0 Å². The second kappa shape index (κ2) is 14.6. The average molecular weight is 490 g/mol. The molecule has 7 nitrogen and oxygen atoms in total. The van der Waals surface area contributed by atoms with E-state index in [1.165, 1.54) is 25.8 Å². The summed E-state index contributed by atoms with van der Waals surface area (Å²) in [7, 11) is 1.52. The summed E-state index contributed by atoms with van der Waals surface area (Å²) < 4.78 is 11.1. The fraction of sp³-hybridized carbons (Fsp3) is 0.643. The summed E-state index contributed by atoms with van der Waals surface area (Å²) in [5.74, 6) is -1.71. The second-order valence-electron chi connectivity index (χ2n) is 10.1. The molecule has 1 aromatic rings. The Hall–Kier alpha value is -2.70. The largest absolute Gasteiger partial charge is 0.453 e. The number of carbonyl (C=O) groups excluding carboxylic acids is 4. The zero-order chi connectivity index (χ0) is 26.7. The van der Waals surface area contributed by atoms with Gasteiger partial charge >= 0.3 is 11.9 Å². The van der Waals surface area contributed by atoms with Crippen molar-refractivity contribution in [1.82, 2.24) is 4.90 Å². The van der Waals surface area contributed by atoms with E-state index in [2.05, 4.69) is 0 Å². The summed E-state index contributed by atoms with van der Waals surface area (Å²) >= 11 is 0. The smallest absolute Gasteiger partial charge is 0.329 e. The van der Waals surface area contributed by atoms with Crippen LogP contribution in [-0.4, -0.2) is 53.8 Å². The van der Waals surface area contributed by atoms with Gasteiger partial charge in [-0.2, -0.15) is 0 Å². The molecule has 196 valence electrons. The van der Waals surface area contributed by atoms with Crippen molar-refractivity contribution in [2.24, 2.45) is 17.8 Å². The number of nitrogens with zero attached hydrogens (tertiary/aromatic N) is 1. The van der Waals surface area contributed by atoms with Crippen molar-refractivity contribution in [2.45, 2.75) is 92.4 Å². The van der Waals surface area contributed by atoms with Crippen LogP contribution in [0.5, 0.6) is 0 Å². The van der Waals surface area contributed by atoms with E-state index in [0.29, 0.717) is 25.2 Å². The van der Waals surface area contributed by atoms with Crippen LogP contribution in [0.4, 0.5) is 0 Å². The third-order valence-electron chi connectivity index (χ3n) is 6.03. The van der Waals surface area contributed by atoms with Crippen molar-refractivity contribution in [3.05, 3.63) is 35.9 Å². The van der Waals surface area contributed by atoms with E-state index in [-0.39, 0.29) is 24.0 Å². The van der Waals surface area contributed by atoms with Crippen molar-refractivity contribution < 1.29 is 28.7 Å². The highest BCUT2D eigenvalue weighted by atomic mass is 16.6. The fourth-order valence-electron chi connectivity index (χ4n) is 3.82. The molecule has 1 aromatic carbocycles. The predicted octanol–water partition coefficient (Wildman–Crippen LogP) is 4.61.